The molecule has 3 aromatic rings. The zero-order valence-electron chi connectivity index (χ0n) is 11.9. The van der Waals surface area contributed by atoms with Gasteiger partial charge in [-0.2, -0.15) is 0 Å². The highest BCUT2D eigenvalue weighted by atomic mass is 32.1. The van der Waals surface area contributed by atoms with Crippen LogP contribution in [0.2, 0.25) is 0 Å². The molecule has 1 atom stereocenters. The van der Waals surface area contributed by atoms with E-state index in [2.05, 4.69) is 4.98 Å². The molecule has 0 bridgehead atoms. The van der Waals surface area contributed by atoms with Crippen molar-refractivity contribution in [3.63, 3.8) is 0 Å². The number of hydrogen-bond donors (Lipinski definition) is 1. The molecule has 6 heteroatoms. The Morgan fingerprint density at radius 1 is 1.27 bits per heavy atom. The second kappa shape index (κ2) is 6.83. The van der Waals surface area contributed by atoms with E-state index in [0.717, 1.165) is 10.4 Å². The van der Waals surface area contributed by atoms with Gasteiger partial charge in [0.2, 0.25) is 0 Å². The first-order chi connectivity index (χ1) is 10.7. The Kier molecular flexibility index (Phi) is 4.62. The molecule has 5 nitrogen and oxygen atoms in total. The maximum Gasteiger partial charge on any atom is 0.262 e. The molecular formula is C16H16N2O3S. The summed E-state index contributed by atoms with van der Waals surface area (Å²) in [7, 11) is 0. The molecule has 3 rings (SSSR count). The Morgan fingerprint density at radius 2 is 2.09 bits per heavy atom. The zero-order valence-corrected chi connectivity index (χ0v) is 12.7. The molecule has 22 heavy (non-hydrogen) atoms. The van der Waals surface area contributed by atoms with Gasteiger partial charge in [-0.3, -0.25) is 9.36 Å². The number of benzene rings is 1. The predicted octanol–water partition coefficient (Wildman–Crippen LogP) is 2.04. The van der Waals surface area contributed by atoms with Gasteiger partial charge in [-0.1, -0.05) is 30.3 Å². The van der Waals surface area contributed by atoms with Gasteiger partial charge in [-0.15, -0.1) is 11.3 Å². The summed E-state index contributed by atoms with van der Waals surface area (Å²) in [5.41, 5.74) is 0.918. The van der Waals surface area contributed by atoms with Crippen LogP contribution >= 0.6 is 11.3 Å². The number of fused-ring (bicyclic) bond motifs is 1. The molecule has 0 aliphatic carbocycles. The maximum absolute atomic E-state index is 12.2. The second-order valence-corrected chi connectivity index (χ2v) is 5.89. The summed E-state index contributed by atoms with van der Waals surface area (Å²) >= 11 is 1.43. The monoisotopic (exact) mass is 316 g/mol. The van der Waals surface area contributed by atoms with Crippen LogP contribution in [0, 0.1) is 0 Å². The third kappa shape index (κ3) is 3.41. The van der Waals surface area contributed by atoms with E-state index >= 15 is 0 Å². The quantitative estimate of drug-likeness (QED) is 0.756. The Bertz CT molecular complexity index is 798. The maximum atomic E-state index is 12.2. The molecule has 1 aromatic carbocycles. The lowest BCUT2D eigenvalue weighted by molar-refractivity contribution is 0.0198. The smallest absolute Gasteiger partial charge is 0.262 e. The first kappa shape index (κ1) is 14.9. The fraction of sp³-hybridized carbons (Fsp3) is 0.250. The molecule has 1 N–H and O–H groups in total. The van der Waals surface area contributed by atoms with Crippen molar-refractivity contribution in [2.24, 2.45) is 0 Å². The summed E-state index contributed by atoms with van der Waals surface area (Å²) in [6.07, 6.45) is 0.723. The molecule has 0 radical (unpaired) electrons. The highest BCUT2D eigenvalue weighted by Crippen LogP contribution is 2.13. The van der Waals surface area contributed by atoms with Crippen molar-refractivity contribution in [2.75, 3.05) is 6.61 Å². The molecule has 0 aliphatic rings. The summed E-state index contributed by atoms with van der Waals surface area (Å²) in [5, 5.41) is 12.4. The van der Waals surface area contributed by atoms with Crippen molar-refractivity contribution >= 4 is 21.6 Å². The number of thiophene rings is 1. The van der Waals surface area contributed by atoms with Crippen LogP contribution in [-0.4, -0.2) is 27.4 Å². The minimum atomic E-state index is -0.751. The number of rotatable bonds is 6. The molecule has 0 aliphatic heterocycles. The van der Waals surface area contributed by atoms with Gasteiger partial charge < -0.3 is 9.84 Å². The molecule has 0 amide bonds. The molecule has 0 unspecified atom stereocenters. The average molecular weight is 316 g/mol. The van der Waals surface area contributed by atoms with Gasteiger partial charge in [0, 0.05) is 0 Å². The summed E-state index contributed by atoms with van der Waals surface area (Å²) < 4.78 is 6.90. The van der Waals surface area contributed by atoms with Crippen molar-refractivity contribution in [1.82, 2.24) is 9.55 Å². The first-order valence-corrected chi connectivity index (χ1v) is 7.84. The molecule has 114 valence electrons. The van der Waals surface area contributed by atoms with Crippen LogP contribution in [0.5, 0.6) is 0 Å². The van der Waals surface area contributed by atoms with Gasteiger partial charge in [0.05, 0.1) is 37.6 Å². The molecule has 2 heterocycles. The van der Waals surface area contributed by atoms with Crippen LogP contribution < -0.4 is 5.56 Å². The molecule has 0 fully saturated rings. The van der Waals surface area contributed by atoms with Crippen molar-refractivity contribution in [1.29, 1.82) is 0 Å². The largest absolute Gasteiger partial charge is 0.389 e. The van der Waals surface area contributed by atoms with Gasteiger partial charge >= 0.3 is 0 Å². The summed E-state index contributed by atoms with van der Waals surface area (Å²) in [5.74, 6) is 0. The van der Waals surface area contributed by atoms with E-state index < -0.39 is 6.10 Å². The van der Waals surface area contributed by atoms with Crippen molar-refractivity contribution < 1.29 is 9.84 Å². The number of ether oxygens (including phenoxy) is 1. The fourth-order valence-corrected chi connectivity index (χ4v) is 2.91. The summed E-state index contributed by atoms with van der Waals surface area (Å²) in [4.78, 5) is 17.1. The standard InChI is InChI=1S/C16H16N2O3S/c19-13(10-21-9-12-4-2-1-3-5-12)8-18-11-17-15-14(16(18)20)6-7-22-15/h1-7,11,13,19H,8-10H2/t13-/m1/s1. The topological polar surface area (TPSA) is 64.4 Å². The van der Waals surface area contributed by atoms with Gasteiger partial charge in [0.15, 0.2) is 0 Å². The Morgan fingerprint density at radius 3 is 2.91 bits per heavy atom. The highest BCUT2D eigenvalue weighted by molar-refractivity contribution is 7.16. The Hall–Kier alpha value is -2.02. The lowest BCUT2D eigenvalue weighted by atomic mass is 10.2. The van der Waals surface area contributed by atoms with Gasteiger partial charge in [-0.05, 0) is 17.0 Å². The number of hydrogen-bond acceptors (Lipinski definition) is 5. The molecule has 0 saturated heterocycles. The minimum Gasteiger partial charge on any atom is -0.389 e. The first-order valence-electron chi connectivity index (χ1n) is 6.96. The van der Waals surface area contributed by atoms with Crippen LogP contribution in [0.3, 0.4) is 0 Å². The van der Waals surface area contributed by atoms with E-state index in [1.165, 1.54) is 22.2 Å². The Balaban J connectivity index is 1.57. The van der Waals surface area contributed by atoms with Crippen molar-refractivity contribution in [3.8, 4) is 0 Å². The summed E-state index contributed by atoms with van der Waals surface area (Å²) in [6.45, 7) is 0.782. The van der Waals surface area contributed by atoms with Crippen LogP contribution in [0.4, 0.5) is 0 Å². The van der Waals surface area contributed by atoms with Crippen molar-refractivity contribution in [2.45, 2.75) is 19.3 Å². The number of nitrogens with zero attached hydrogens (tertiary/aromatic N) is 2. The average Bonchev–Trinajstić information content (AvgIpc) is 3.01. The SMILES string of the molecule is O=c1c2ccsc2ncn1C[C@@H](O)COCc1ccccc1. The van der Waals surface area contributed by atoms with Crippen LogP contribution in [-0.2, 0) is 17.9 Å². The van der Waals surface area contributed by atoms with E-state index in [0.29, 0.717) is 12.0 Å². The van der Waals surface area contributed by atoms with E-state index in [9.17, 15) is 9.90 Å². The predicted molar refractivity (Wildman–Crippen MR) is 86.0 cm³/mol. The van der Waals surface area contributed by atoms with Crippen LogP contribution in [0.15, 0.2) is 52.9 Å². The number of aliphatic hydroxyl groups is 1. The van der Waals surface area contributed by atoms with Gasteiger partial charge in [-0.25, -0.2) is 4.98 Å². The van der Waals surface area contributed by atoms with Gasteiger partial charge in [0.25, 0.3) is 5.56 Å². The molecule has 0 saturated carbocycles. The van der Waals surface area contributed by atoms with Crippen molar-refractivity contribution in [3.05, 3.63) is 64.0 Å². The fourth-order valence-electron chi connectivity index (χ4n) is 2.19. The Labute approximate surface area is 131 Å². The minimum absolute atomic E-state index is 0.131. The zero-order chi connectivity index (χ0) is 15.4. The summed E-state index contributed by atoms with van der Waals surface area (Å²) in [6, 6.07) is 11.5. The molecular weight excluding hydrogens is 300 g/mol. The van der Waals surface area contributed by atoms with Gasteiger partial charge in [0.1, 0.15) is 4.83 Å². The third-order valence-corrected chi connectivity index (χ3v) is 4.10. The van der Waals surface area contributed by atoms with E-state index in [1.807, 2.05) is 35.7 Å². The lowest BCUT2D eigenvalue weighted by Crippen LogP contribution is -2.29. The number of aliphatic hydroxyl groups excluding tert-OH is 1. The normalized spacial score (nSPS) is 12.6. The lowest BCUT2D eigenvalue weighted by Gasteiger charge is -2.13. The second-order valence-electron chi connectivity index (χ2n) is 5.00. The van der Waals surface area contributed by atoms with Crippen LogP contribution in [0.25, 0.3) is 10.2 Å². The molecule has 2 aromatic heterocycles. The van der Waals surface area contributed by atoms with E-state index in [-0.39, 0.29) is 18.7 Å². The molecule has 0 spiro atoms. The van der Waals surface area contributed by atoms with E-state index in [4.69, 9.17) is 4.74 Å². The van der Waals surface area contributed by atoms with Crippen LogP contribution in [0.1, 0.15) is 5.56 Å². The third-order valence-electron chi connectivity index (χ3n) is 3.28. The number of aromatic nitrogens is 2. The highest BCUT2D eigenvalue weighted by Gasteiger charge is 2.10. The van der Waals surface area contributed by atoms with E-state index in [1.54, 1.807) is 6.07 Å².